The Kier molecular flexibility index (Phi) is 4.78. The second-order valence-corrected chi connectivity index (χ2v) is 5.54. The molecule has 1 fully saturated rings. The number of carbonyl (C=O) groups is 1. The van der Waals surface area contributed by atoms with E-state index in [2.05, 4.69) is 5.32 Å². The maximum Gasteiger partial charge on any atom is 0.322 e. The molecule has 0 saturated carbocycles. The number of para-hydroxylation sites is 1. The van der Waals surface area contributed by atoms with Gasteiger partial charge >= 0.3 is 6.03 Å². The number of nitrogens with zero attached hydrogens (tertiary/aromatic N) is 1. The van der Waals surface area contributed by atoms with E-state index < -0.39 is 0 Å². The van der Waals surface area contributed by atoms with Gasteiger partial charge in [-0.2, -0.15) is 0 Å². The average molecular weight is 312 g/mol. The SMILES string of the molecule is O=C(Nc1ccc(Oc2ccccc2)cc1)N1CCC[C@H]1CO. The monoisotopic (exact) mass is 312 g/mol. The van der Waals surface area contributed by atoms with Crippen LogP contribution in [0.3, 0.4) is 0 Å². The Morgan fingerprint density at radius 2 is 1.83 bits per heavy atom. The third-order valence-electron chi connectivity index (χ3n) is 3.93. The van der Waals surface area contributed by atoms with E-state index in [0.29, 0.717) is 18.0 Å². The molecule has 0 spiro atoms. The highest BCUT2D eigenvalue weighted by Crippen LogP contribution is 2.23. The van der Waals surface area contributed by atoms with Gasteiger partial charge in [-0.1, -0.05) is 18.2 Å². The number of aliphatic hydroxyl groups excluding tert-OH is 1. The van der Waals surface area contributed by atoms with Crippen LogP contribution in [-0.4, -0.2) is 35.2 Å². The maximum atomic E-state index is 12.2. The fourth-order valence-electron chi connectivity index (χ4n) is 2.72. The highest BCUT2D eigenvalue weighted by Gasteiger charge is 2.27. The number of benzene rings is 2. The highest BCUT2D eigenvalue weighted by atomic mass is 16.5. The van der Waals surface area contributed by atoms with Crippen LogP contribution in [0.5, 0.6) is 11.5 Å². The number of carbonyl (C=O) groups excluding carboxylic acids is 1. The zero-order valence-corrected chi connectivity index (χ0v) is 12.8. The minimum absolute atomic E-state index is 0.0112. The Morgan fingerprint density at radius 1 is 1.13 bits per heavy atom. The first-order valence-corrected chi connectivity index (χ1v) is 7.78. The Labute approximate surface area is 135 Å². The van der Waals surface area contributed by atoms with Gasteiger partial charge in [-0.3, -0.25) is 0 Å². The summed E-state index contributed by atoms with van der Waals surface area (Å²) < 4.78 is 5.72. The van der Waals surface area contributed by atoms with Crippen molar-refractivity contribution in [3.05, 3.63) is 54.6 Å². The highest BCUT2D eigenvalue weighted by molar-refractivity contribution is 5.89. The van der Waals surface area contributed by atoms with Crippen molar-refractivity contribution in [3.8, 4) is 11.5 Å². The van der Waals surface area contributed by atoms with Gasteiger partial charge in [0.05, 0.1) is 12.6 Å². The molecule has 120 valence electrons. The standard InChI is InChI=1S/C18H20N2O3/c21-13-15-5-4-12-20(15)18(22)19-14-8-10-17(11-9-14)23-16-6-2-1-3-7-16/h1-3,6-11,15,21H,4-5,12-13H2,(H,19,22)/t15-/m0/s1. The molecule has 1 aliphatic rings. The third-order valence-corrected chi connectivity index (χ3v) is 3.93. The quantitative estimate of drug-likeness (QED) is 0.908. The van der Waals surface area contributed by atoms with Crippen molar-refractivity contribution in [1.29, 1.82) is 0 Å². The summed E-state index contributed by atoms with van der Waals surface area (Å²) in [6, 6.07) is 16.5. The molecule has 3 rings (SSSR count). The Morgan fingerprint density at radius 3 is 2.52 bits per heavy atom. The summed E-state index contributed by atoms with van der Waals surface area (Å²) in [5.41, 5.74) is 0.707. The lowest BCUT2D eigenvalue weighted by Crippen LogP contribution is -2.40. The van der Waals surface area contributed by atoms with Crippen LogP contribution in [0.4, 0.5) is 10.5 Å². The molecule has 0 aliphatic carbocycles. The molecule has 2 aromatic rings. The molecule has 2 N–H and O–H groups in total. The van der Waals surface area contributed by atoms with Gasteiger partial charge in [-0.25, -0.2) is 4.79 Å². The lowest BCUT2D eigenvalue weighted by atomic mass is 10.2. The first-order valence-electron chi connectivity index (χ1n) is 7.78. The van der Waals surface area contributed by atoms with Gasteiger partial charge in [0.2, 0.25) is 0 Å². The van der Waals surface area contributed by atoms with E-state index in [1.165, 1.54) is 0 Å². The van der Waals surface area contributed by atoms with Crippen LogP contribution in [0.25, 0.3) is 0 Å². The summed E-state index contributed by atoms with van der Waals surface area (Å²) in [5, 5.41) is 12.1. The summed E-state index contributed by atoms with van der Waals surface area (Å²) in [6.07, 6.45) is 1.79. The topological polar surface area (TPSA) is 61.8 Å². The Bertz CT molecular complexity index is 643. The van der Waals surface area contributed by atoms with Gasteiger partial charge in [0.1, 0.15) is 11.5 Å². The number of urea groups is 1. The Hall–Kier alpha value is -2.53. The minimum atomic E-state index is -0.168. The maximum absolute atomic E-state index is 12.2. The number of likely N-dealkylation sites (tertiary alicyclic amines) is 1. The van der Waals surface area contributed by atoms with Crippen LogP contribution in [0.2, 0.25) is 0 Å². The van der Waals surface area contributed by atoms with Gasteiger partial charge in [0.15, 0.2) is 0 Å². The van der Waals surface area contributed by atoms with E-state index in [1.807, 2.05) is 42.5 Å². The Balaban J connectivity index is 1.60. The third kappa shape index (κ3) is 3.81. The van der Waals surface area contributed by atoms with E-state index in [-0.39, 0.29) is 18.7 Å². The van der Waals surface area contributed by atoms with Gasteiger partial charge in [-0.05, 0) is 49.2 Å². The predicted octanol–water partition coefficient (Wildman–Crippen LogP) is 3.47. The number of amides is 2. The van der Waals surface area contributed by atoms with Crippen molar-refractivity contribution < 1.29 is 14.6 Å². The van der Waals surface area contributed by atoms with Gasteiger partial charge in [0.25, 0.3) is 0 Å². The summed E-state index contributed by atoms with van der Waals surface area (Å²) in [6.45, 7) is 0.698. The number of ether oxygens (including phenoxy) is 1. The molecule has 5 nitrogen and oxygen atoms in total. The van der Waals surface area contributed by atoms with E-state index in [0.717, 1.165) is 18.6 Å². The number of aliphatic hydroxyl groups is 1. The fourth-order valence-corrected chi connectivity index (χ4v) is 2.72. The zero-order valence-electron chi connectivity index (χ0n) is 12.8. The predicted molar refractivity (Wildman–Crippen MR) is 88.8 cm³/mol. The molecule has 2 aromatic carbocycles. The first-order chi connectivity index (χ1) is 11.3. The smallest absolute Gasteiger partial charge is 0.322 e. The van der Waals surface area contributed by atoms with Crippen molar-refractivity contribution in [3.63, 3.8) is 0 Å². The van der Waals surface area contributed by atoms with Crippen molar-refractivity contribution in [2.45, 2.75) is 18.9 Å². The van der Waals surface area contributed by atoms with E-state index in [4.69, 9.17) is 4.74 Å². The van der Waals surface area contributed by atoms with Crippen LogP contribution in [0.1, 0.15) is 12.8 Å². The molecular formula is C18H20N2O3. The van der Waals surface area contributed by atoms with E-state index in [9.17, 15) is 9.90 Å². The van der Waals surface area contributed by atoms with Crippen LogP contribution in [0, 0.1) is 0 Å². The molecule has 1 atom stereocenters. The minimum Gasteiger partial charge on any atom is -0.457 e. The normalized spacial score (nSPS) is 17.1. The molecule has 0 aromatic heterocycles. The number of hydrogen-bond acceptors (Lipinski definition) is 3. The van der Waals surface area contributed by atoms with Crippen molar-refractivity contribution in [1.82, 2.24) is 4.90 Å². The summed E-state index contributed by atoms with van der Waals surface area (Å²) in [4.78, 5) is 13.9. The lowest BCUT2D eigenvalue weighted by molar-refractivity contribution is 0.166. The van der Waals surface area contributed by atoms with Gasteiger partial charge < -0.3 is 20.1 Å². The van der Waals surface area contributed by atoms with Crippen LogP contribution in [-0.2, 0) is 0 Å². The second-order valence-electron chi connectivity index (χ2n) is 5.54. The number of nitrogens with one attached hydrogen (secondary N) is 1. The number of anilines is 1. The van der Waals surface area contributed by atoms with E-state index >= 15 is 0 Å². The number of hydrogen-bond donors (Lipinski definition) is 2. The molecule has 1 aliphatic heterocycles. The van der Waals surface area contributed by atoms with Gasteiger partial charge in [-0.15, -0.1) is 0 Å². The summed E-state index contributed by atoms with van der Waals surface area (Å²) in [5.74, 6) is 1.48. The molecular weight excluding hydrogens is 292 g/mol. The molecule has 1 saturated heterocycles. The average Bonchev–Trinajstić information content (AvgIpc) is 3.06. The molecule has 2 amide bonds. The van der Waals surface area contributed by atoms with Crippen LogP contribution >= 0.6 is 0 Å². The largest absolute Gasteiger partial charge is 0.457 e. The second kappa shape index (κ2) is 7.15. The lowest BCUT2D eigenvalue weighted by Gasteiger charge is -2.23. The molecule has 5 heteroatoms. The first kappa shape index (κ1) is 15.4. The van der Waals surface area contributed by atoms with Crippen LogP contribution < -0.4 is 10.1 Å². The van der Waals surface area contributed by atoms with Gasteiger partial charge in [0, 0.05) is 12.2 Å². The zero-order chi connectivity index (χ0) is 16.1. The molecule has 23 heavy (non-hydrogen) atoms. The molecule has 1 heterocycles. The molecule has 0 unspecified atom stereocenters. The van der Waals surface area contributed by atoms with Crippen molar-refractivity contribution in [2.24, 2.45) is 0 Å². The molecule has 0 bridgehead atoms. The fraction of sp³-hybridized carbons (Fsp3) is 0.278. The number of rotatable bonds is 4. The summed E-state index contributed by atoms with van der Waals surface area (Å²) in [7, 11) is 0. The van der Waals surface area contributed by atoms with Crippen molar-refractivity contribution in [2.75, 3.05) is 18.5 Å². The van der Waals surface area contributed by atoms with Crippen molar-refractivity contribution >= 4 is 11.7 Å². The van der Waals surface area contributed by atoms with Crippen LogP contribution in [0.15, 0.2) is 54.6 Å². The molecule has 0 radical (unpaired) electrons. The summed E-state index contributed by atoms with van der Waals surface area (Å²) >= 11 is 0. The van der Waals surface area contributed by atoms with E-state index in [1.54, 1.807) is 17.0 Å².